The van der Waals surface area contributed by atoms with Crippen molar-refractivity contribution in [1.82, 2.24) is 10.6 Å². The number of hydrogen-bond donors (Lipinski definition) is 2. The molecule has 2 rings (SSSR count). The Balaban J connectivity index is 1.69. The molecular weight excluding hydrogens is 400 g/mol. The molecule has 0 aliphatic heterocycles. The second-order valence-corrected chi connectivity index (χ2v) is 7.50. The van der Waals surface area contributed by atoms with Crippen molar-refractivity contribution in [2.45, 2.75) is 18.7 Å². The molecule has 2 aromatic carbocycles. The zero-order valence-corrected chi connectivity index (χ0v) is 16.7. The molecular formula is C19H21BrN2O2S. The number of benzene rings is 2. The van der Waals surface area contributed by atoms with E-state index in [4.69, 9.17) is 0 Å². The molecule has 0 aliphatic rings. The predicted molar refractivity (Wildman–Crippen MR) is 106 cm³/mol. The van der Waals surface area contributed by atoms with Crippen LogP contribution in [0.25, 0.3) is 0 Å². The van der Waals surface area contributed by atoms with E-state index in [0.717, 1.165) is 20.5 Å². The van der Waals surface area contributed by atoms with Gasteiger partial charge in [-0.1, -0.05) is 34.1 Å². The molecule has 0 fully saturated rings. The summed E-state index contributed by atoms with van der Waals surface area (Å²) in [6.07, 6.45) is 0. The van der Waals surface area contributed by atoms with Gasteiger partial charge in [-0.2, -0.15) is 0 Å². The summed E-state index contributed by atoms with van der Waals surface area (Å²) < 4.78 is 1.08. The minimum Gasteiger partial charge on any atom is -0.354 e. The second-order valence-electron chi connectivity index (χ2n) is 5.63. The number of halogens is 1. The SMILES string of the molecule is Cc1cc(SCC(=O)NCCNC(=O)c2ccccc2)c(C)cc1Br. The molecule has 0 saturated heterocycles. The van der Waals surface area contributed by atoms with Crippen molar-refractivity contribution in [3.8, 4) is 0 Å². The number of aryl methyl sites for hydroxylation is 2. The summed E-state index contributed by atoms with van der Waals surface area (Å²) >= 11 is 5.03. The Kier molecular flexibility index (Phi) is 7.52. The maximum atomic E-state index is 11.9. The van der Waals surface area contributed by atoms with Gasteiger partial charge in [-0.15, -0.1) is 11.8 Å². The minimum atomic E-state index is -0.134. The lowest BCUT2D eigenvalue weighted by Gasteiger charge is -2.10. The summed E-state index contributed by atoms with van der Waals surface area (Å²) in [7, 11) is 0. The first-order valence-electron chi connectivity index (χ1n) is 7.97. The highest BCUT2D eigenvalue weighted by atomic mass is 79.9. The number of amides is 2. The molecule has 6 heteroatoms. The molecule has 0 saturated carbocycles. The highest BCUT2D eigenvalue weighted by molar-refractivity contribution is 9.10. The summed E-state index contributed by atoms with van der Waals surface area (Å²) in [6, 6.07) is 13.2. The monoisotopic (exact) mass is 420 g/mol. The van der Waals surface area contributed by atoms with Crippen LogP contribution in [0.1, 0.15) is 21.5 Å². The number of nitrogens with one attached hydrogen (secondary N) is 2. The van der Waals surface area contributed by atoms with E-state index in [-0.39, 0.29) is 11.8 Å². The van der Waals surface area contributed by atoms with Crippen molar-refractivity contribution in [1.29, 1.82) is 0 Å². The molecule has 0 bridgehead atoms. The van der Waals surface area contributed by atoms with E-state index in [1.807, 2.05) is 32.0 Å². The number of thioether (sulfide) groups is 1. The van der Waals surface area contributed by atoms with E-state index < -0.39 is 0 Å². The van der Waals surface area contributed by atoms with Crippen molar-refractivity contribution in [3.05, 3.63) is 63.6 Å². The maximum absolute atomic E-state index is 11.9. The fraction of sp³-hybridized carbons (Fsp3) is 0.263. The van der Waals surface area contributed by atoms with Crippen LogP contribution in [-0.4, -0.2) is 30.7 Å². The smallest absolute Gasteiger partial charge is 0.251 e. The topological polar surface area (TPSA) is 58.2 Å². The molecule has 4 nitrogen and oxygen atoms in total. The van der Waals surface area contributed by atoms with Crippen LogP contribution < -0.4 is 10.6 Å². The Labute approximate surface area is 160 Å². The number of rotatable bonds is 7. The number of hydrogen-bond acceptors (Lipinski definition) is 3. The van der Waals surface area contributed by atoms with Gasteiger partial charge in [0.05, 0.1) is 5.75 Å². The zero-order valence-electron chi connectivity index (χ0n) is 14.3. The Morgan fingerprint density at radius 1 is 1.00 bits per heavy atom. The minimum absolute atomic E-state index is 0.0427. The Morgan fingerprint density at radius 3 is 2.40 bits per heavy atom. The molecule has 0 radical (unpaired) electrons. The Bertz CT molecular complexity index is 751. The van der Waals surface area contributed by atoms with Gasteiger partial charge in [-0.25, -0.2) is 0 Å². The van der Waals surface area contributed by atoms with E-state index in [1.165, 1.54) is 11.8 Å². The molecule has 0 spiro atoms. The summed E-state index contributed by atoms with van der Waals surface area (Å²) in [5, 5.41) is 5.61. The van der Waals surface area contributed by atoms with E-state index in [1.54, 1.807) is 12.1 Å². The maximum Gasteiger partial charge on any atom is 0.251 e. The van der Waals surface area contributed by atoms with E-state index >= 15 is 0 Å². The predicted octanol–water partition coefficient (Wildman–Crippen LogP) is 3.70. The first-order valence-corrected chi connectivity index (χ1v) is 9.74. The average molecular weight is 421 g/mol. The summed E-state index contributed by atoms with van der Waals surface area (Å²) in [4.78, 5) is 24.9. The van der Waals surface area contributed by atoms with E-state index in [0.29, 0.717) is 24.4 Å². The molecule has 2 amide bonds. The first kappa shape index (κ1) is 19.5. The van der Waals surface area contributed by atoms with Gasteiger partial charge in [-0.05, 0) is 49.2 Å². The van der Waals surface area contributed by atoms with Crippen molar-refractivity contribution >= 4 is 39.5 Å². The lowest BCUT2D eigenvalue weighted by molar-refractivity contribution is -0.118. The van der Waals surface area contributed by atoms with Crippen LogP contribution in [0.15, 0.2) is 51.8 Å². The van der Waals surface area contributed by atoms with E-state index in [9.17, 15) is 9.59 Å². The van der Waals surface area contributed by atoms with Crippen LogP contribution in [0.5, 0.6) is 0 Å². The van der Waals surface area contributed by atoms with Crippen molar-refractivity contribution in [2.75, 3.05) is 18.8 Å². The largest absolute Gasteiger partial charge is 0.354 e. The normalized spacial score (nSPS) is 10.4. The summed E-state index contributed by atoms with van der Waals surface area (Å²) in [5.41, 5.74) is 2.91. The van der Waals surface area contributed by atoms with Gasteiger partial charge in [0, 0.05) is 28.0 Å². The lowest BCUT2D eigenvalue weighted by Crippen LogP contribution is -2.35. The van der Waals surface area contributed by atoms with Gasteiger partial charge < -0.3 is 10.6 Å². The van der Waals surface area contributed by atoms with Gasteiger partial charge in [0.1, 0.15) is 0 Å². The fourth-order valence-corrected chi connectivity index (χ4v) is 3.57. The summed E-state index contributed by atoms with van der Waals surface area (Å²) in [6.45, 7) is 4.88. The molecule has 0 aromatic heterocycles. The molecule has 25 heavy (non-hydrogen) atoms. The summed E-state index contributed by atoms with van der Waals surface area (Å²) in [5.74, 6) is 0.179. The molecule has 0 heterocycles. The lowest BCUT2D eigenvalue weighted by atomic mass is 10.2. The third kappa shape index (κ3) is 6.21. The molecule has 132 valence electrons. The average Bonchev–Trinajstić information content (AvgIpc) is 2.61. The quantitative estimate of drug-likeness (QED) is 0.530. The van der Waals surface area contributed by atoms with Gasteiger partial charge >= 0.3 is 0 Å². The van der Waals surface area contributed by atoms with Crippen LogP contribution in [0, 0.1) is 13.8 Å². The van der Waals surface area contributed by atoms with Crippen LogP contribution in [0.4, 0.5) is 0 Å². The van der Waals surface area contributed by atoms with Crippen LogP contribution in [-0.2, 0) is 4.79 Å². The number of carbonyl (C=O) groups excluding carboxylic acids is 2. The zero-order chi connectivity index (χ0) is 18.2. The second kappa shape index (κ2) is 9.63. The third-order valence-corrected chi connectivity index (χ3v) is 5.60. The van der Waals surface area contributed by atoms with Gasteiger partial charge in [0.15, 0.2) is 0 Å². The molecule has 0 aliphatic carbocycles. The van der Waals surface area contributed by atoms with Crippen molar-refractivity contribution < 1.29 is 9.59 Å². The fourth-order valence-electron chi connectivity index (χ4n) is 2.17. The standard InChI is InChI=1S/C19H21BrN2O2S/c1-13-11-17(14(2)10-16(13)20)25-12-18(23)21-8-9-22-19(24)15-6-4-3-5-7-15/h3-7,10-11H,8-9,12H2,1-2H3,(H,21,23)(H,22,24). The molecule has 2 aromatic rings. The molecule has 2 N–H and O–H groups in total. The highest BCUT2D eigenvalue weighted by Crippen LogP contribution is 2.28. The van der Waals surface area contributed by atoms with Crippen molar-refractivity contribution in [2.24, 2.45) is 0 Å². The first-order chi connectivity index (χ1) is 12.0. The molecule has 0 unspecified atom stereocenters. The Hall–Kier alpha value is -1.79. The van der Waals surface area contributed by atoms with Gasteiger partial charge in [0.2, 0.25) is 5.91 Å². The van der Waals surface area contributed by atoms with Crippen LogP contribution in [0.2, 0.25) is 0 Å². The molecule has 0 atom stereocenters. The van der Waals surface area contributed by atoms with E-state index in [2.05, 4.69) is 38.7 Å². The van der Waals surface area contributed by atoms with Crippen molar-refractivity contribution in [3.63, 3.8) is 0 Å². The van der Waals surface area contributed by atoms with Gasteiger partial charge in [0.25, 0.3) is 5.91 Å². The highest BCUT2D eigenvalue weighted by Gasteiger charge is 2.08. The van der Waals surface area contributed by atoms with Gasteiger partial charge in [-0.3, -0.25) is 9.59 Å². The van der Waals surface area contributed by atoms with Crippen LogP contribution >= 0.6 is 27.7 Å². The third-order valence-electron chi connectivity index (χ3n) is 3.58. The van der Waals surface area contributed by atoms with Crippen LogP contribution in [0.3, 0.4) is 0 Å². The number of carbonyl (C=O) groups is 2. The Morgan fingerprint density at radius 2 is 1.68 bits per heavy atom.